The minimum absolute atomic E-state index is 0.0535. The highest BCUT2D eigenvalue weighted by atomic mass is 16.1. The Morgan fingerprint density at radius 1 is 1.15 bits per heavy atom. The second-order valence-corrected chi connectivity index (χ2v) is 5.69. The zero-order chi connectivity index (χ0) is 13.8. The van der Waals surface area contributed by atoms with Crippen LogP contribution in [-0.2, 0) is 12.8 Å². The molecule has 1 aliphatic carbocycles. The lowest BCUT2D eigenvalue weighted by molar-refractivity contribution is 0.0956. The lowest BCUT2D eigenvalue weighted by atomic mass is 9.90. The summed E-state index contributed by atoms with van der Waals surface area (Å²) in [5.41, 5.74) is 4.93. The van der Waals surface area contributed by atoms with Crippen LogP contribution in [0.2, 0.25) is 0 Å². The molecule has 0 aromatic heterocycles. The second-order valence-electron chi connectivity index (χ2n) is 5.69. The molecular weight excluding hydrogens is 248 g/mol. The summed E-state index contributed by atoms with van der Waals surface area (Å²) in [6.07, 6.45) is 8.02. The molecule has 106 valence electrons. The van der Waals surface area contributed by atoms with Crippen molar-refractivity contribution in [3.8, 4) is 0 Å². The van der Waals surface area contributed by atoms with Gasteiger partial charge in [-0.1, -0.05) is 17.7 Å². The van der Waals surface area contributed by atoms with E-state index in [-0.39, 0.29) is 5.91 Å². The van der Waals surface area contributed by atoms with E-state index in [1.54, 1.807) is 0 Å². The van der Waals surface area contributed by atoms with E-state index in [1.807, 2.05) is 6.07 Å². The van der Waals surface area contributed by atoms with Crippen LogP contribution in [0.3, 0.4) is 0 Å². The molecule has 1 amide bonds. The highest BCUT2D eigenvalue weighted by Gasteiger charge is 2.13. The van der Waals surface area contributed by atoms with Crippen LogP contribution >= 0.6 is 0 Å². The van der Waals surface area contributed by atoms with Crippen molar-refractivity contribution < 1.29 is 4.79 Å². The van der Waals surface area contributed by atoms with Gasteiger partial charge in [0.15, 0.2) is 0 Å². The van der Waals surface area contributed by atoms with Crippen molar-refractivity contribution >= 4 is 5.91 Å². The maximum atomic E-state index is 12.2. The largest absolute Gasteiger partial charge is 0.348 e. The first-order chi connectivity index (χ1) is 9.83. The van der Waals surface area contributed by atoms with Crippen molar-refractivity contribution in [2.75, 3.05) is 19.6 Å². The molecule has 0 radical (unpaired) electrons. The molecule has 20 heavy (non-hydrogen) atoms. The van der Waals surface area contributed by atoms with E-state index in [4.69, 9.17) is 0 Å². The Bertz CT molecular complexity index is 534. The van der Waals surface area contributed by atoms with Crippen molar-refractivity contribution in [2.24, 2.45) is 0 Å². The fourth-order valence-corrected chi connectivity index (χ4v) is 3.00. The summed E-state index contributed by atoms with van der Waals surface area (Å²) >= 11 is 0. The van der Waals surface area contributed by atoms with E-state index < -0.39 is 0 Å². The number of nitrogens with one attached hydrogen (secondary N) is 2. The summed E-state index contributed by atoms with van der Waals surface area (Å²) < 4.78 is 0. The molecule has 1 aromatic carbocycles. The van der Waals surface area contributed by atoms with Crippen LogP contribution in [0.25, 0.3) is 0 Å². The summed E-state index contributed by atoms with van der Waals surface area (Å²) in [6.45, 7) is 2.61. The smallest absolute Gasteiger partial charge is 0.251 e. The Balaban J connectivity index is 1.63. The zero-order valence-corrected chi connectivity index (χ0v) is 11.9. The summed E-state index contributed by atoms with van der Waals surface area (Å²) in [7, 11) is 0. The number of amides is 1. The SMILES string of the molecule is O=C(NCC1=CCNCC1)c1ccc2c(c1)CCCC2. The van der Waals surface area contributed by atoms with Gasteiger partial charge in [-0.3, -0.25) is 4.79 Å². The van der Waals surface area contributed by atoms with Gasteiger partial charge in [0.05, 0.1) is 0 Å². The highest BCUT2D eigenvalue weighted by molar-refractivity contribution is 5.94. The summed E-state index contributed by atoms with van der Waals surface area (Å²) in [5.74, 6) is 0.0535. The monoisotopic (exact) mass is 270 g/mol. The van der Waals surface area contributed by atoms with Gasteiger partial charge in [-0.05, 0) is 61.9 Å². The predicted molar refractivity (Wildman–Crippen MR) is 81.0 cm³/mol. The van der Waals surface area contributed by atoms with E-state index in [2.05, 4.69) is 28.8 Å². The van der Waals surface area contributed by atoms with Gasteiger partial charge < -0.3 is 10.6 Å². The van der Waals surface area contributed by atoms with Crippen LogP contribution in [0.1, 0.15) is 40.7 Å². The van der Waals surface area contributed by atoms with Crippen molar-refractivity contribution in [3.63, 3.8) is 0 Å². The second kappa shape index (κ2) is 6.23. The normalized spacial score (nSPS) is 18.1. The van der Waals surface area contributed by atoms with Crippen LogP contribution < -0.4 is 10.6 Å². The first-order valence-corrected chi connectivity index (χ1v) is 7.61. The zero-order valence-electron chi connectivity index (χ0n) is 11.9. The van der Waals surface area contributed by atoms with Gasteiger partial charge in [0.2, 0.25) is 0 Å². The number of fused-ring (bicyclic) bond motifs is 1. The highest BCUT2D eigenvalue weighted by Crippen LogP contribution is 2.22. The van der Waals surface area contributed by atoms with Gasteiger partial charge in [0.1, 0.15) is 0 Å². The van der Waals surface area contributed by atoms with Gasteiger partial charge >= 0.3 is 0 Å². The minimum atomic E-state index is 0.0535. The minimum Gasteiger partial charge on any atom is -0.348 e. The number of benzene rings is 1. The predicted octanol–water partition coefficient (Wildman–Crippen LogP) is 2.21. The number of rotatable bonds is 3. The molecule has 3 heteroatoms. The molecule has 0 fully saturated rings. The fourth-order valence-electron chi connectivity index (χ4n) is 3.00. The van der Waals surface area contributed by atoms with E-state index >= 15 is 0 Å². The van der Waals surface area contributed by atoms with E-state index in [1.165, 1.54) is 29.5 Å². The van der Waals surface area contributed by atoms with Crippen molar-refractivity contribution in [1.29, 1.82) is 0 Å². The lowest BCUT2D eigenvalue weighted by Crippen LogP contribution is -2.29. The summed E-state index contributed by atoms with van der Waals surface area (Å²) in [5, 5.41) is 6.32. The van der Waals surface area contributed by atoms with Gasteiger partial charge in [0, 0.05) is 18.7 Å². The Kier molecular flexibility index (Phi) is 4.16. The first kappa shape index (κ1) is 13.4. The molecule has 1 aliphatic heterocycles. The average molecular weight is 270 g/mol. The Hall–Kier alpha value is -1.61. The van der Waals surface area contributed by atoms with Crippen molar-refractivity contribution in [3.05, 3.63) is 46.5 Å². The van der Waals surface area contributed by atoms with Gasteiger partial charge in [0.25, 0.3) is 5.91 Å². The molecule has 0 saturated carbocycles. The number of carbonyl (C=O) groups is 1. The third kappa shape index (κ3) is 3.10. The number of hydrogen-bond donors (Lipinski definition) is 2. The molecule has 0 unspecified atom stereocenters. The number of carbonyl (C=O) groups excluding carboxylic acids is 1. The molecule has 0 bridgehead atoms. The molecule has 0 saturated heterocycles. The standard InChI is InChI=1S/C17H22N2O/c20-17(19-12-13-7-9-18-10-8-13)16-6-5-14-3-1-2-4-15(14)11-16/h5-7,11,18H,1-4,8-10,12H2,(H,19,20). The van der Waals surface area contributed by atoms with Gasteiger partial charge in [-0.25, -0.2) is 0 Å². The number of aryl methyl sites for hydroxylation is 2. The van der Waals surface area contributed by atoms with Crippen LogP contribution in [0, 0.1) is 0 Å². The average Bonchev–Trinajstić information content (AvgIpc) is 2.53. The molecule has 2 N–H and O–H groups in total. The quantitative estimate of drug-likeness (QED) is 0.827. The van der Waals surface area contributed by atoms with Gasteiger partial charge in [-0.2, -0.15) is 0 Å². The van der Waals surface area contributed by atoms with E-state index in [9.17, 15) is 4.79 Å². The summed E-state index contributed by atoms with van der Waals surface area (Å²) in [4.78, 5) is 12.2. The molecule has 3 rings (SSSR count). The molecule has 2 aliphatic rings. The molecule has 0 spiro atoms. The van der Waals surface area contributed by atoms with Gasteiger partial charge in [-0.15, -0.1) is 0 Å². The molecule has 1 aromatic rings. The van der Waals surface area contributed by atoms with Crippen LogP contribution in [0.15, 0.2) is 29.8 Å². The molecular formula is C17H22N2O. The summed E-state index contributed by atoms with van der Waals surface area (Å²) in [6, 6.07) is 6.18. The maximum Gasteiger partial charge on any atom is 0.251 e. The Morgan fingerprint density at radius 3 is 2.80 bits per heavy atom. The number of hydrogen-bond acceptors (Lipinski definition) is 2. The topological polar surface area (TPSA) is 41.1 Å². The van der Waals surface area contributed by atoms with E-state index in [0.29, 0.717) is 6.54 Å². The third-order valence-electron chi connectivity index (χ3n) is 4.24. The third-order valence-corrected chi connectivity index (χ3v) is 4.24. The van der Waals surface area contributed by atoms with Crippen LogP contribution in [0.5, 0.6) is 0 Å². The van der Waals surface area contributed by atoms with Crippen molar-refractivity contribution in [2.45, 2.75) is 32.1 Å². The fraction of sp³-hybridized carbons (Fsp3) is 0.471. The molecule has 1 heterocycles. The first-order valence-electron chi connectivity index (χ1n) is 7.61. The van der Waals surface area contributed by atoms with Crippen molar-refractivity contribution in [1.82, 2.24) is 10.6 Å². The van der Waals surface area contributed by atoms with Crippen LogP contribution in [-0.4, -0.2) is 25.5 Å². The van der Waals surface area contributed by atoms with E-state index in [0.717, 1.165) is 37.9 Å². The van der Waals surface area contributed by atoms with Crippen LogP contribution in [0.4, 0.5) is 0 Å². The Morgan fingerprint density at radius 2 is 2.00 bits per heavy atom. The molecule has 0 atom stereocenters. The molecule has 3 nitrogen and oxygen atoms in total. The maximum absolute atomic E-state index is 12.2. The Labute approximate surface area is 120 Å². The lowest BCUT2D eigenvalue weighted by Gasteiger charge is -2.17.